The number of aromatic nitrogens is 2. The highest BCUT2D eigenvalue weighted by molar-refractivity contribution is 6.12. The number of rotatable bonds is 5. The van der Waals surface area contributed by atoms with E-state index in [1.54, 1.807) is 0 Å². The fourth-order valence-corrected chi connectivity index (χ4v) is 10.1. The van der Waals surface area contributed by atoms with E-state index in [0.29, 0.717) is 11.1 Å². The number of nitrogens with zero attached hydrogens (tertiary/aromatic N) is 4. The SMILES string of the molecule is Cc1cc(C)c(-c2ccc3c4ccccc4n(-c4cc(-c5ccccc5C#N)cc(-n5c6ccccc6c6ccc(-c7c(C)cc(C)cc7C)cc65)c4C#N)c3c2)c(C)c1. The lowest BCUT2D eigenvalue weighted by atomic mass is 9.93. The lowest BCUT2D eigenvalue weighted by molar-refractivity contribution is 1.12. The first kappa shape index (κ1) is 36.7. The van der Waals surface area contributed by atoms with Crippen LogP contribution in [0.3, 0.4) is 0 Å². The van der Waals surface area contributed by atoms with E-state index in [1.165, 1.54) is 44.5 Å². The third-order valence-corrected chi connectivity index (χ3v) is 12.3. The molecule has 0 bridgehead atoms. The summed E-state index contributed by atoms with van der Waals surface area (Å²) in [4.78, 5) is 0. The molecule has 0 aliphatic carbocycles. The second-order valence-corrected chi connectivity index (χ2v) is 16.4. The summed E-state index contributed by atoms with van der Waals surface area (Å²) >= 11 is 0. The maximum Gasteiger partial charge on any atom is 0.104 e. The lowest BCUT2D eigenvalue weighted by Crippen LogP contribution is -2.05. The summed E-state index contributed by atoms with van der Waals surface area (Å²) in [5, 5.41) is 26.4. The average Bonchev–Trinajstić information content (AvgIpc) is 3.74. The lowest BCUT2D eigenvalue weighted by Gasteiger charge is -2.19. The zero-order chi connectivity index (χ0) is 41.4. The van der Waals surface area contributed by atoms with Gasteiger partial charge in [0.2, 0.25) is 0 Å². The van der Waals surface area contributed by atoms with Crippen LogP contribution in [0.25, 0.3) is 88.4 Å². The molecular weight excluding hydrogens is 729 g/mol. The van der Waals surface area contributed by atoms with Gasteiger partial charge in [0, 0.05) is 21.5 Å². The third-order valence-electron chi connectivity index (χ3n) is 12.3. The molecule has 0 saturated heterocycles. The Bertz CT molecular complexity index is 3280. The zero-order valence-electron chi connectivity index (χ0n) is 34.6. The van der Waals surface area contributed by atoms with Crippen molar-refractivity contribution in [2.75, 3.05) is 0 Å². The summed E-state index contributed by atoms with van der Waals surface area (Å²) in [7, 11) is 0. The van der Waals surface area contributed by atoms with E-state index < -0.39 is 0 Å². The highest BCUT2D eigenvalue weighted by atomic mass is 15.0. The Labute approximate surface area is 350 Å². The van der Waals surface area contributed by atoms with Gasteiger partial charge in [-0.2, -0.15) is 10.5 Å². The molecule has 286 valence electrons. The Morgan fingerprint density at radius 1 is 0.383 bits per heavy atom. The van der Waals surface area contributed by atoms with E-state index >= 15 is 0 Å². The molecule has 2 aromatic heterocycles. The van der Waals surface area contributed by atoms with Gasteiger partial charge in [-0.05, 0) is 140 Å². The van der Waals surface area contributed by atoms with E-state index in [0.717, 1.165) is 77.2 Å². The van der Waals surface area contributed by atoms with Gasteiger partial charge in [-0.25, -0.2) is 0 Å². The monoisotopic (exact) mass is 770 g/mol. The summed E-state index contributed by atoms with van der Waals surface area (Å²) < 4.78 is 4.54. The molecule has 8 aromatic carbocycles. The standard InChI is InChI=1S/C56H42N4/c1-33-23-35(3)55(36(4)24-33)39-19-21-46-44-15-9-11-17-49(44)59(51(46)27-39)53-29-42(43-14-8-7-13-41(43)31-57)30-54(48(53)32-58)60-50-18-12-10-16-45(50)47-22-20-40(28-52(47)60)56-37(5)25-34(2)26-38(56)6/h7-30H,1-6H3. The van der Waals surface area contributed by atoms with Crippen molar-refractivity contribution in [1.29, 1.82) is 10.5 Å². The largest absolute Gasteiger partial charge is 0.308 e. The number of aryl methyl sites for hydroxylation is 6. The van der Waals surface area contributed by atoms with Gasteiger partial charge in [-0.3, -0.25) is 0 Å². The number of fused-ring (bicyclic) bond motifs is 6. The molecule has 4 heteroatoms. The minimum absolute atomic E-state index is 0.541. The van der Waals surface area contributed by atoms with E-state index in [1.807, 2.05) is 24.3 Å². The zero-order valence-corrected chi connectivity index (χ0v) is 34.6. The van der Waals surface area contributed by atoms with Crippen molar-refractivity contribution in [3.8, 4) is 56.9 Å². The molecule has 0 aliphatic heterocycles. The Morgan fingerprint density at radius 3 is 1.25 bits per heavy atom. The molecule has 10 aromatic rings. The second-order valence-electron chi connectivity index (χ2n) is 16.4. The Morgan fingerprint density at radius 2 is 0.800 bits per heavy atom. The molecule has 4 nitrogen and oxygen atoms in total. The smallest absolute Gasteiger partial charge is 0.104 e. The van der Waals surface area contributed by atoms with Crippen molar-refractivity contribution in [3.63, 3.8) is 0 Å². The van der Waals surface area contributed by atoms with Crippen LogP contribution >= 0.6 is 0 Å². The van der Waals surface area contributed by atoms with Gasteiger partial charge in [-0.1, -0.05) is 114 Å². The van der Waals surface area contributed by atoms with Crippen LogP contribution in [0.15, 0.2) is 146 Å². The van der Waals surface area contributed by atoms with Gasteiger partial charge in [0.25, 0.3) is 0 Å². The fraction of sp³-hybridized carbons (Fsp3) is 0.107. The molecule has 0 aliphatic rings. The van der Waals surface area contributed by atoms with Crippen LogP contribution < -0.4 is 0 Å². The minimum Gasteiger partial charge on any atom is -0.308 e. The predicted molar refractivity (Wildman–Crippen MR) is 249 cm³/mol. The normalized spacial score (nSPS) is 11.5. The van der Waals surface area contributed by atoms with Crippen LogP contribution in [0.1, 0.15) is 44.5 Å². The molecule has 0 unspecified atom stereocenters. The maximum absolute atomic E-state index is 11.6. The number of hydrogen-bond donors (Lipinski definition) is 0. The van der Waals surface area contributed by atoms with Gasteiger partial charge in [-0.15, -0.1) is 0 Å². The Kier molecular flexibility index (Phi) is 8.57. The molecule has 60 heavy (non-hydrogen) atoms. The molecule has 0 spiro atoms. The maximum atomic E-state index is 11.6. The van der Waals surface area contributed by atoms with Crippen molar-refractivity contribution in [3.05, 3.63) is 190 Å². The number of nitriles is 2. The van der Waals surface area contributed by atoms with Gasteiger partial charge in [0.1, 0.15) is 11.6 Å². The first-order valence-electron chi connectivity index (χ1n) is 20.5. The van der Waals surface area contributed by atoms with Crippen molar-refractivity contribution in [1.82, 2.24) is 9.13 Å². The molecular formula is C56H42N4. The van der Waals surface area contributed by atoms with Crippen molar-refractivity contribution in [2.24, 2.45) is 0 Å². The first-order chi connectivity index (χ1) is 29.1. The van der Waals surface area contributed by atoms with Gasteiger partial charge < -0.3 is 9.13 Å². The summed E-state index contributed by atoms with van der Waals surface area (Å²) in [5.41, 5.74) is 20.4. The fourth-order valence-electron chi connectivity index (χ4n) is 10.1. The summed E-state index contributed by atoms with van der Waals surface area (Å²) in [6.45, 7) is 13.0. The summed E-state index contributed by atoms with van der Waals surface area (Å²) in [5.74, 6) is 0. The van der Waals surface area contributed by atoms with Crippen LogP contribution in [0.5, 0.6) is 0 Å². The van der Waals surface area contributed by atoms with Gasteiger partial charge >= 0.3 is 0 Å². The van der Waals surface area contributed by atoms with Gasteiger partial charge in [0.05, 0.1) is 45.1 Å². The predicted octanol–water partition coefficient (Wildman–Crippen LogP) is 14.5. The second kappa shape index (κ2) is 14.0. The first-order valence-corrected chi connectivity index (χ1v) is 20.5. The topological polar surface area (TPSA) is 57.4 Å². The van der Waals surface area contributed by atoms with Crippen molar-refractivity contribution in [2.45, 2.75) is 41.5 Å². The van der Waals surface area contributed by atoms with Crippen LogP contribution in [-0.2, 0) is 0 Å². The summed E-state index contributed by atoms with van der Waals surface area (Å²) in [6.07, 6.45) is 0. The average molecular weight is 771 g/mol. The molecule has 10 rings (SSSR count). The highest BCUT2D eigenvalue weighted by Gasteiger charge is 2.24. The summed E-state index contributed by atoms with van der Waals surface area (Å²) in [6, 6.07) is 56.6. The highest BCUT2D eigenvalue weighted by Crippen LogP contribution is 2.43. The molecule has 0 N–H and O–H groups in total. The number of benzene rings is 8. The van der Waals surface area contributed by atoms with Crippen molar-refractivity contribution < 1.29 is 0 Å². The van der Waals surface area contributed by atoms with E-state index in [2.05, 4.69) is 184 Å². The van der Waals surface area contributed by atoms with Crippen molar-refractivity contribution >= 4 is 43.6 Å². The van der Waals surface area contributed by atoms with E-state index in [9.17, 15) is 10.5 Å². The van der Waals surface area contributed by atoms with Crippen LogP contribution in [-0.4, -0.2) is 9.13 Å². The Hall–Kier alpha value is -7.66. The van der Waals surface area contributed by atoms with Crippen LogP contribution in [0.4, 0.5) is 0 Å². The molecule has 0 amide bonds. The number of hydrogen-bond acceptors (Lipinski definition) is 2. The third kappa shape index (κ3) is 5.65. The molecule has 0 fully saturated rings. The quantitative estimate of drug-likeness (QED) is 0.175. The van der Waals surface area contributed by atoms with E-state index in [-0.39, 0.29) is 0 Å². The van der Waals surface area contributed by atoms with Crippen LogP contribution in [0, 0.1) is 64.2 Å². The molecule has 2 heterocycles. The molecule has 0 atom stereocenters. The number of para-hydroxylation sites is 2. The van der Waals surface area contributed by atoms with Crippen LogP contribution in [0.2, 0.25) is 0 Å². The minimum atomic E-state index is 0.541. The molecule has 0 radical (unpaired) electrons. The Balaban J connectivity index is 1.35. The molecule has 0 saturated carbocycles. The van der Waals surface area contributed by atoms with E-state index in [4.69, 9.17) is 0 Å². The van der Waals surface area contributed by atoms with Gasteiger partial charge in [0.15, 0.2) is 0 Å².